The molecule has 1 rings (SSSR count). The number of rotatable bonds is 3. The van der Waals surface area contributed by atoms with E-state index in [4.69, 9.17) is 4.74 Å². The van der Waals surface area contributed by atoms with Gasteiger partial charge < -0.3 is 9.64 Å². The van der Waals surface area contributed by atoms with Crippen molar-refractivity contribution in [3.8, 4) is 0 Å². The molecule has 1 fully saturated rings. The summed E-state index contributed by atoms with van der Waals surface area (Å²) in [7, 11) is 3.98. The number of likely N-dealkylation sites (tertiary alicyclic amines) is 1. The van der Waals surface area contributed by atoms with Crippen molar-refractivity contribution in [3.05, 3.63) is 0 Å². The highest BCUT2D eigenvalue weighted by atomic mass is 16.5. The molecule has 0 amide bonds. The summed E-state index contributed by atoms with van der Waals surface area (Å²) in [5, 5.41) is 0. The molecule has 0 spiro atoms. The Hall–Kier alpha value is -0.0800. The average molecular weight is 157 g/mol. The second kappa shape index (κ2) is 4.07. The van der Waals surface area contributed by atoms with Gasteiger partial charge in [-0.05, 0) is 31.8 Å². The standard InChI is InChI=1S/C9H19NO/c1-8(7-11-3)9-4-5-10(2)6-9/h8-9H,4-7H2,1-3H3. The fraction of sp³-hybridized carbons (Fsp3) is 1.00. The maximum Gasteiger partial charge on any atom is 0.0490 e. The van der Waals surface area contributed by atoms with Crippen molar-refractivity contribution in [2.75, 3.05) is 33.9 Å². The minimum atomic E-state index is 0.727. The van der Waals surface area contributed by atoms with Crippen LogP contribution in [0, 0.1) is 11.8 Å². The second-order valence-corrected chi connectivity index (χ2v) is 3.74. The van der Waals surface area contributed by atoms with E-state index in [1.165, 1.54) is 19.5 Å². The lowest BCUT2D eigenvalue weighted by Crippen LogP contribution is -2.20. The smallest absolute Gasteiger partial charge is 0.0490 e. The summed E-state index contributed by atoms with van der Waals surface area (Å²) < 4.78 is 5.13. The van der Waals surface area contributed by atoms with Crippen LogP contribution in [-0.4, -0.2) is 38.8 Å². The van der Waals surface area contributed by atoms with Crippen LogP contribution in [0.3, 0.4) is 0 Å². The first kappa shape index (κ1) is 9.01. The zero-order chi connectivity index (χ0) is 8.27. The predicted molar refractivity (Wildman–Crippen MR) is 46.6 cm³/mol. The van der Waals surface area contributed by atoms with E-state index in [0.29, 0.717) is 0 Å². The van der Waals surface area contributed by atoms with E-state index in [9.17, 15) is 0 Å². The van der Waals surface area contributed by atoms with Crippen molar-refractivity contribution in [3.63, 3.8) is 0 Å². The van der Waals surface area contributed by atoms with Gasteiger partial charge >= 0.3 is 0 Å². The summed E-state index contributed by atoms with van der Waals surface area (Å²) in [6, 6.07) is 0. The van der Waals surface area contributed by atoms with Crippen LogP contribution in [0.25, 0.3) is 0 Å². The second-order valence-electron chi connectivity index (χ2n) is 3.74. The molecule has 2 atom stereocenters. The number of hydrogen-bond donors (Lipinski definition) is 0. The number of methoxy groups -OCH3 is 1. The third kappa shape index (κ3) is 2.46. The van der Waals surface area contributed by atoms with Crippen LogP contribution in [0.1, 0.15) is 13.3 Å². The quantitative estimate of drug-likeness (QED) is 0.611. The number of nitrogens with zero attached hydrogens (tertiary/aromatic N) is 1. The van der Waals surface area contributed by atoms with Crippen LogP contribution < -0.4 is 0 Å². The van der Waals surface area contributed by atoms with Crippen LogP contribution >= 0.6 is 0 Å². The Morgan fingerprint density at radius 1 is 1.64 bits per heavy atom. The topological polar surface area (TPSA) is 12.5 Å². The van der Waals surface area contributed by atoms with Crippen molar-refractivity contribution in [2.45, 2.75) is 13.3 Å². The molecule has 2 nitrogen and oxygen atoms in total. The lowest BCUT2D eigenvalue weighted by Gasteiger charge is -2.17. The molecule has 0 radical (unpaired) electrons. The summed E-state index contributed by atoms with van der Waals surface area (Å²) >= 11 is 0. The predicted octanol–water partition coefficient (Wildman–Crippen LogP) is 1.22. The molecule has 2 unspecified atom stereocenters. The van der Waals surface area contributed by atoms with Crippen molar-refractivity contribution in [1.82, 2.24) is 4.90 Å². The monoisotopic (exact) mass is 157 g/mol. The fourth-order valence-electron chi connectivity index (χ4n) is 1.83. The normalized spacial score (nSPS) is 29.2. The minimum absolute atomic E-state index is 0.727. The van der Waals surface area contributed by atoms with Gasteiger partial charge in [0.25, 0.3) is 0 Å². The van der Waals surface area contributed by atoms with Gasteiger partial charge in [-0.25, -0.2) is 0 Å². The van der Waals surface area contributed by atoms with Gasteiger partial charge in [0.2, 0.25) is 0 Å². The van der Waals surface area contributed by atoms with Crippen LogP contribution in [-0.2, 0) is 4.74 Å². The highest BCUT2D eigenvalue weighted by Crippen LogP contribution is 2.22. The molecule has 0 aromatic heterocycles. The van der Waals surface area contributed by atoms with Crippen LogP contribution in [0.2, 0.25) is 0 Å². The van der Waals surface area contributed by atoms with E-state index in [1.54, 1.807) is 7.11 Å². The molecular formula is C9H19NO. The molecule has 1 aliphatic heterocycles. The Morgan fingerprint density at radius 2 is 2.36 bits per heavy atom. The maximum atomic E-state index is 5.13. The fourth-order valence-corrected chi connectivity index (χ4v) is 1.83. The summed E-state index contributed by atoms with van der Waals surface area (Å²) in [5.41, 5.74) is 0. The Kier molecular flexibility index (Phi) is 3.34. The van der Waals surface area contributed by atoms with Gasteiger partial charge in [0.1, 0.15) is 0 Å². The largest absolute Gasteiger partial charge is 0.384 e. The van der Waals surface area contributed by atoms with E-state index in [1.807, 2.05) is 0 Å². The van der Waals surface area contributed by atoms with E-state index >= 15 is 0 Å². The molecular weight excluding hydrogens is 138 g/mol. The zero-order valence-electron chi connectivity index (χ0n) is 7.84. The summed E-state index contributed by atoms with van der Waals surface area (Å²) in [6.07, 6.45) is 1.35. The summed E-state index contributed by atoms with van der Waals surface area (Å²) in [5.74, 6) is 1.59. The van der Waals surface area contributed by atoms with Crippen molar-refractivity contribution < 1.29 is 4.74 Å². The van der Waals surface area contributed by atoms with Crippen molar-refractivity contribution in [1.29, 1.82) is 0 Å². The molecule has 1 aliphatic rings. The number of hydrogen-bond acceptors (Lipinski definition) is 2. The van der Waals surface area contributed by atoms with Crippen molar-refractivity contribution in [2.24, 2.45) is 11.8 Å². The van der Waals surface area contributed by atoms with Crippen LogP contribution in [0.4, 0.5) is 0 Å². The molecule has 11 heavy (non-hydrogen) atoms. The Morgan fingerprint density at radius 3 is 2.82 bits per heavy atom. The molecule has 1 saturated heterocycles. The zero-order valence-corrected chi connectivity index (χ0v) is 7.84. The van der Waals surface area contributed by atoms with Gasteiger partial charge in [-0.15, -0.1) is 0 Å². The highest BCUT2D eigenvalue weighted by Gasteiger charge is 2.24. The molecule has 66 valence electrons. The SMILES string of the molecule is COCC(C)C1CCN(C)C1. The Bertz CT molecular complexity index is 116. The number of ether oxygens (including phenoxy) is 1. The lowest BCUT2D eigenvalue weighted by atomic mass is 9.94. The highest BCUT2D eigenvalue weighted by molar-refractivity contribution is 4.76. The first-order chi connectivity index (χ1) is 5.24. The van der Waals surface area contributed by atoms with Crippen LogP contribution in [0.5, 0.6) is 0 Å². The van der Waals surface area contributed by atoms with E-state index in [-0.39, 0.29) is 0 Å². The lowest BCUT2D eigenvalue weighted by molar-refractivity contribution is 0.131. The van der Waals surface area contributed by atoms with Gasteiger partial charge in [0, 0.05) is 20.3 Å². The van der Waals surface area contributed by atoms with E-state index < -0.39 is 0 Å². The molecule has 0 N–H and O–H groups in total. The first-order valence-corrected chi connectivity index (χ1v) is 4.41. The molecule has 0 aliphatic carbocycles. The third-order valence-corrected chi connectivity index (χ3v) is 2.66. The summed E-state index contributed by atoms with van der Waals surface area (Å²) in [6.45, 7) is 5.72. The molecule has 0 bridgehead atoms. The average Bonchev–Trinajstić information content (AvgIpc) is 2.36. The minimum Gasteiger partial charge on any atom is -0.384 e. The van der Waals surface area contributed by atoms with Gasteiger partial charge in [-0.1, -0.05) is 6.92 Å². The first-order valence-electron chi connectivity index (χ1n) is 4.41. The van der Waals surface area contributed by atoms with Crippen molar-refractivity contribution >= 4 is 0 Å². The summed E-state index contributed by atoms with van der Waals surface area (Å²) in [4.78, 5) is 2.40. The van der Waals surface area contributed by atoms with Gasteiger partial charge in [0.05, 0.1) is 0 Å². The molecule has 1 heterocycles. The molecule has 0 aromatic rings. The third-order valence-electron chi connectivity index (χ3n) is 2.66. The molecule has 0 aromatic carbocycles. The van der Waals surface area contributed by atoms with Gasteiger partial charge in [-0.2, -0.15) is 0 Å². The Labute approximate surface area is 69.5 Å². The Balaban J connectivity index is 2.25. The van der Waals surface area contributed by atoms with E-state index in [2.05, 4.69) is 18.9 Å². The molecule has 2 heteroatoms. The van der Waals surface area contributed by atoms with E-state index in [0.717, 1.165) is 18.4 Å². The van der Waals surface area contributed by atoms with Gasteiger partial charge in [-0.3, -0.25) is 0 Å². The van der Waals surface area contributed by atoms with Gasteiger partial charge in [0.15, 0.2) is 0 Å². The molecule has 0 saturated carbocycles. The van der Waals surface area contributed by atoms with Crippen LogP contribution in [0.15, 0.2) is 0 Å². The maximum absolute atomic E-state index is 5.13.